The topological polar surface area (TPSA) is 54.9 Å². The maximum atomic E-state index is 12.6. The first-order chi connectivity index (χ1) is 11.2. The molecule has 0 spiro atoms. The number of nitrogens with one attached hydrogen (secondary N) is 1. The number of halogens is 1. The molecule has 4 aromatic rings. The van der Waals surface area contributed by atoms with Gasteiger partial charge in [-0.25, -0.2) is 4.98 Å². The maximum absolute atomic E-state index is 12.6. The van der Waals surface area contributed by atoms with Crippen LogP contribution in [0.25, 0.3) is 21.1 Å². The van der Waals surface area contributed by atoms with Crippen molar-refractivity contribution in [3.63, 3.8) is 0 Å². The van der Waals surface area contributed by atoms with E-state index in [1.165, 1.54) is 11.3 Å². The Labute approximate surface area is 140 Å². The van der Waals surface area contributed by atoms with Crippen molar-refractivity contribution in [2.45, 2.75) is 0 Å². The van der Waals surface area contributed by atoms with Gasteiger partial charge in [-0.1, -0.05) is 35.1 Å². The molecule has 1 N–H and O–H groups in total. The predicted molar refractivity (Wildman–Crippen MR) is 94.3 cm³/mol. The number of benzene rings is 2. The zero-order valence-corrected chi connectivity index (χ0v) is 13.4. The summed E-state index contributed by atoms with van der Waals surface area (Å²) in [6, 6.07) is 14.6. The first-order valence-electron chi connectivity index (χ1n) is 6.92. The highest BCUT2D eigenvalue weighted by Gasteiger charge is 2.13. The van der Waals surface area contributed by atoms with Crippen LogP contribution in [0.15, 0.2) is 54.7 Å². The second-order valence-electron chi connectivity index (χ2n) is 4.96. The number of nitrogens with zero attached hydrogens (tertiary/aromatic N) is 2. The molecule has 0 radical (unpaired) electrons. The quantitative estimate of drug-likeness (QED) is 0.573. The molecule has 4 nitrogen and oxygen atoms in total. The molecule has 1 amide bonds. The molecule has 2 heterocycles. The van der Waals surface area contributed by atoms with Gasteiger partial charge in [0.25, 0.3) is 5.91 Å². The third kappa shape index (κ3) is 2.65. The summed E-state index contributed by atoms with van der Waals surface area (Å²) >= 11 is 7.38. The average Bonchev–Trinajstić information content (AvgIpc) is 2.95. The summed E-state index contributed by atoms with van der Waals surface area (Å²) in [5.74, 6) is -0.200. The van der Waals surface area contributed by atoms with Crippen molar-refractivity contribution in [2.75, 3.05) is 5.32 Å². The van der Waals surface area contributed by atoms with E-state index in [9.17, 15) is 4.79 Å². The van der Waals surface area contributed by atoms with Crippen LogP contribution in [0.1, 0.15) is 10.4 Å². The van der Waals surface area contributed by atoms with Crippen LogP contribution < -0.4 is 5.32 Å². The van der Waals surface area contributed by atoms with Gasteiger partial charge in [-0.2, -0.15) is 0 Å². The fourth-order valence-corrected chi connectivity index (χ4v) is 3.55. The molecular weight excluding hydrogens is 330 g/mol. The summed E-state index contributed by atoms with van der Waals surface area (Å²) in [6.07, 6.45) is 1.71. The van der Waals surface area contributed by atoms with Gasteiger partial charge in [0, 0.05) is 22.2 Å². The molecule has 0 saturated carbocycles. The lowest BCUT2D eigenvalue weighted by atomic mass is 10.1. The second kappa shape index (κ2) is 5.61. The number of hydrogen-bond acceptors (Lipinski definition) is 4. The van der Waals surface area contributed by atoms with E-state index in [0.29, 0.717) is 15.7 Å². The molecule has 0 aliphatic carbocycles. The fraction of sp³-hybridized carbons (Fsp3) is 0. The Morgan fingerprint density at radius 2 is 2.00 bits per heavy atom. The zero-order chi connectivity index (χ0) is 15.8. The Bertz CT molecular complexity index is 1040. The highest BCUT2D eigenvalue weighted by molar-refractivity contribution is 7.22. The molecule has 0 unspecified atom stereocenters. The lowest BCUT2D eigenvalue weighted by molar-refractivity contribution is 0.102. The number of rotatable bonds is 2. The molecule has 112 valence electrons. The molecular formula is C17H10ClN3OS. The van der Waals surface area contributed by atoms with E-state index in [1.807, 2.05) is 36.4 Å². The molecule has 0 bridgehead atoms. The van der Waals surface area contributed by atoms with Crippen LogP contribution in [-0.4, -0.2) is 15.9 Å². The highest BCUT2D eigenvalue weighted by atomic mass is 35.5. The maximum Gasteiger partial charge on any atom is 0.258 e. The van der Waals surface area contributed by atoms with Gasteiger partial charge in [0.05, 0.1) is 15.7 Å². The molecule has 2 aromatic heterocycles. The van der Waals surface area contributed by atoms with E-state index in [0.717, 1.165) is 21.1 Å². The van der Waals surface area contributed by atoms with Crippen LogP contribution in [0, 0.1) is 0 Å². The van der Waals surface area contributed by atoms with E-state index < -0.39 is 0 Å². The molecule has 0 saturated heterocycles. The average molecular weight is 340 g/mol. The number of aromatic nitrogens is 2. The minimum Gasteiger partial charge on any atom is -0.298 e. The number of pyridine rings is 1. The standard InChI is InChI=1S/C17H10ClN3OS/c18-10-6-7-14-15(9-10)23-17(20-14)21-16(22)12-3-1-5-13-11(12)4-2-8-19-13/h1-9H,(H,20,21,22). The molecule has 0 atom stereocenters. The van der Waals surface area contributed by atoms with E-state index in [-0.39, 0.29) is 5.91 Å². The van der Waals surface area contributed by atoms with Gasteiger partial charge in [0.2, 0.25) is 0 Å². The smallest absolute Gasteiger partial charge is 0.258 e. The van der Waals surface area contributed by atoms with Crippen molar-refractivity contribution in [1.29, 1.82) is 0 Å². The first-order valence-corrected chi connectivity index (χ1v) is 8.11. The summed E-state index contributed by atoms with van der Waals surface area (Å²) in [6.45, 7) is 0. The van der Waals surface area contributed by atoms with Crippen molar-refractivity contribution >= 4 is 55.1 Å². The number of anilines is 1. The van der Waals surface area contributed by atoms with Crippen LogP contribution in [0.2, 0.25) is 5.02 Å². The van der Waals surface area contributed by atoms with Crippen molar-refractivity contribution in [2.24, 2.45) is 0 Å². The minimum absolute atomic E-state index is 0.200. The Balaban J connectivity index is 1.70. The molecule has 0 aliphatic rings. The van der Waals surface area contributed by atoms with Crippen LogP contribution in [0.3, 0.4) is 0 Å². The summed E-state index contributed by atoms with van der Waals surface area (Å²) in [7, 11) is 0. The van der Waals surface area contributed by atoms with E-state index in [4.69, 9.17) is 11.6 Å². The first kappa shape index (κ1) is 14.1. The lowest BCUT2D eigenvalue weighted by Crippen LogP contribution is -2.12. The Morgan fingerprint density at radius 3 is 2.91 bits per heavy atom. The summed E-state index contributed by atoms with van der Waals surface area (Å²) in [4.78, 5) is 21.3. The zero-order valence-electron chi connectivity index (χ0n) is 11.8. The number of carbonyl (C=O) groups is 1. The van der Waals surface area contributed by atoms with Crippen LogP contribution in [0.4, 0.5) is 5.13 Å². The largest absolute Gasteiger partial charge is 0.298 e. The summed E-state index contributed by atoms with van der Waals surface area (Å²) < 4.78 is 0.937. The van der Waals surface area contributed by atoms with Gasteiger partial charge in [-0.3, -0.25) is 15.1 Å². The Kier molecular flexibility index (Phi) is 3.44. The number of amides is 1. The van der Waals surface area contributed by atoms with E-state index >= 15 is 0 Å². The van der Waals surface area contributed by atoms with E-state index in [2.05, 4.69) is 15.3 Å². The van der Waals surface area contributed by atoms with Gasteiger partial charge in [-0.15, -0.1) is 0 Å². The molecule has 23 heavy (non-hydrogen) atoms. The molecule has 6 heteroatoms. The third-order valence-electron chi connectivity index (χ3n) is 3.46. The van der Waals surface area contributed by atoms with Crippen LogP contribution >= 0.6 is 22.9 Å². The molecule has 2 aromatic carbocycles. The van der Waals surface area contributed by atoms with Crippen LogP contribution in [0.5, 0.6) is 0 Å². The molecule has 0 fully saturated rings. The van der Waals surface area contributed by atoms with Crippen molar-refractivity contribution < 1.29 is 4.79 Å². The SMILES string of the molecule is O=C(Nc1nc2ccc(Cl)cc2s1)c1cccc2ncccc12. The number of thiazole rings is 1. The van der Waals surface area contributed by atoms with Gasteiger partial charge in [-0.05, 0) is 36.4 Å². The monoisotopic (exact) mass is 339 g/mol. The fourth-order valence-electron chi connectivity index (χ4n) is 2.42. The van der Waals surface area contributed by atoms with Gasteiger partial charge in [0.15, 0.2) is 5.13 Å². The van der Waals surface area contributed by atoms with E-state index in [1.54, 1.807) is 18.3 Å². The number of carbonyl (C=O) groups excluding carboxylic acids is 1. The number of hydrogen-bond donors (Lipinski definition) is 1. The predicted octanol–water partition coefficient (Wildman–Crippen LogP) is 4.75. The Morgan fingerprint density at radius 1 is 1.09 bits per heavy atom. The minimum atomic E-state index is -0.200. The van der Waals surface area contributed by atoms with Gasteiger partial charge < -0.3 is 0 Å². The molecule has 4 rings (SSSR count). The lowest BCUT2D eigenvalue weighted by Gasteiger charge is -2.05. The third-order valence-corrected chi connectivity index (χ3v) is 4.63. The summed E-state index contributed by atoms with van der Waals surface area (Å²) in [5, 5.41) is 4.87. The summed E-state index contributed by atoms with van der Waals surface area (Å²) in [5.41, 5.74) is 2.18. The van der Waals surface area contributed by atoms with Gasteiger partial charge in [0.1, 0.15) is 0 Å². The normalized spacial score (nSPS) is 11.0. The van der Waals surface area contributed by atoms with Gasteiger partial charge >= 0.3 is 0 Å². The Hall–Kier alpha value is -2.50. The number of fused-ring (bicyclic) bond motifs is 2. The second-order valence-corrected chi connectivity index (χ2v) is 6.43. The van der Waals surface area contributed by atoms with Crippen molar-refractivity contribution in [3.05, 3.63) is 65.3 Å². The highest BCUT2D eigenvalue weighted by Crippen LogP contribution is 2.29. The van der Waals surface area contributed by atoms with Crippen LogP contribution in [-0.2, 0) is 0 Å². The van der Waals surface area contributed by atoms with Crippen molar-refractivity contribution in [1.82, 2.24) is 9.97 Å². The van der Waals surface area contributed by atoms with Crippen molar-refractivity contribution in [3.8, 4) is 0 Å². The molecule has 0 aliphatic heterocycles.